The highest BCUT2D eigenvalue weighted by atomic mass is 32.1. The lowest BCUT2D eigenvalue weighted by Gasteiger charge is -2.30. The fraction of sp³-hybridized carbons (Fsp3) is 0.216. The van der Waals surface area contributed by atoms with Crippen LogP contribution in [-0.2, 0) is 11.4 Å². The zero-order valence-corrected chi connectivity index (χ0v) is 27.8. The summed E-state index contributed by atoms with van der Waals surface area (Å²) < 4.78 is 13.9. The van der Waals surface area contributed by atoms with E-state index in [4.69, 9.17) is 14.5 Å². The van der Waals surface area contributed by atoms with Gasteiger partial charge >= 0.3 is 0 Å². The number of likely N-dealkylation sites (N-methyl/N-ethyl adjacent to an activating group) is 1. The molecule has 6 rings (SSSR count). The molecule has 5 aromatic rings. The Kier molecular flexibility index (Phi) is 9.22. The number of allylic oxidation sites excluding steroid dienone is 1. The number of rotatable bonds is 10. The molecule has 4 aromatic carbocycles. The molecule has 1 atom stereocenters. The van der Waals surface area contributed by atoms with Crippen LogP contribution < -0.4 is 24.4 Å². The van der Waals surface area contributed by atoms with Crippen molar-refractivity contribution in [3.05, 3.63) is 143 Å². The minimum absolute atomic E-state index is 0.0258. The van der Waals surface area contributed by atoms with E-state index in [0.29, 0.717) is 45.2 Å². The van der Waals surface area contributed by atoms with Crippen LogP contribution in [0.2, 0.25) is 0 Å². The number of amides is 1. The second-order valence-corrected chi connectivity index (χ2v) is 12.3. The molecule has 2 heterocycles. The average molecular weight is 663 g/mol. The Morgan fingerprint density at radius 1 is 1.02 bits per heavy atom. The van der Waals surface area contributed by atoms with Gasteiger partial charge in [-0.1, -0.05) is 53.8 Å². The largest absolute Gasteiger partial charge is 0.496 e. The minimum atomic E-state index is -0.757. The second kappa shape index (κ2) is 13.7. The molecule has 0 saturated heterocycles. The number of non-ortho nitro benzene ring substituents is 1. The van der Waals surface area contributed by atoms with Crippen molar-refractivity contribution in [2.75, 3.05) is 20.2 Å². The molecule has 1 aliphatic rings. The molecule has 0 saturated carbocycles. The second-order valence-electron chi connectivity index (χ2n) is 11.2. The Morgan fingerprint density at radius 3 is 2.40 bits per heavy atom. The number of nitro benzene ring substituents is 1. The number of thiazole rings is 1. The monoisotopic (exact) mass is 662 g/mol. The number of hydrogen-bond donors (Lipinski definition) is 0. The number of nitrogens with zero attached hydrogens (tertiary/aromatic N) is 4. The molecule has 0 spiro atoms. The van der Waals surface area contributed by atoms with Crippen LogP contribution in [0.1, 0.15) is 43.5 Å². The summed E-state index contributed by atoms with van der Waals surface area (Å²) in [4.78, 5) is 46.0. The number of ether oxygens (including phenoxy) is 2. The van der Waals surface area contributed by atoms with E-state index in [0.717, 1.165) is 27.5 Å². The van der Waals surface area contributed by atoms with Gasteiger partial charge in [0.1, 0.15) is 24.1 Å². The molecule has 1 amide bonds. The molecular formula is C37H34N4O6S. The molecule has 11 heteroatoms. The van der Waals surface area contributed by atoms with Crippen LogP contribution in [0.3, 0.4) is 0 Å². The van der Waals surface area contributed by atoms with E-state index in [1.807, 2.05) is 87.5 Å². The Labute approximate surface area is 280 Å². The molecule has 244 valence electrons. The quantitative estimate of drug-likeness (QED) is 0.139. The maximum absolute atomic E-state index is 14.3. The maximum Gasteiger partial charge on any atom is 0.271 e. The zero-order chi connectivity index (χ0) is 33.9. The number of benzene rings is 4. The summed E-state index contributed by atoms with van der Waals surface area (Å²) in [6.45, 7) is 6.99. The summed E-state index contributed by atoms with van der Waals surface area (Å²) in [6.07, 6.45) is 1.81. The van der Waals surface area contributed by atoms with Gasteiger partial charge in [-0.2, -0.15) is 0 Å². The van der Waals surface area contributed by atoms with Crippen molar-refractivity contribution >= 4 is 39.8 Å². The molecular weight excluding hydrogens is 628 g/mol. The first-order valence-corrected chi connectivity index (χ1v) is 16.4. The molecule has 0 N–H and O–H groups in total. The van der Waals surface area contributed by atoms with Gasteiger partial charge in [0.2, 0.25) is 0 Å². The number of aromatic nitrogens is 1. The number of carbonyl (C=O) groups is 1. The van der Waals surface area contributed by atoms with E-state index < -0.39 is 11.0 Å². The molecule has 10 nitrogen and oxygen atoms in total. The van der Waals surface area contributed by atoms with Gasteiger partial charge in [0.25, 0.3) is 17.2 Å². The third kappa shape index (κ3) is 6.12. The van der Waals surface area contributed by atoms with Crippen molar-refractivity contribution in [2.45, 2.75) is 33.4 Å². The third-order valence-electron chi connectivity index (χ3n) is 8.46. The van der Waals surface area contributed by atoms with E-state index in [1.54, 1.807) is 28.7 Å². The van der Waals surface area contributed by atoms with Crippen LogP contribution in [-0.4, -0.2) is 40.5 Å². The molecule has 0 radical (unpaired) electrons. The van der Waals surface area contributed by atoms with E-state index >= 15 is 0 Å². The summed E-state index contributed by atoms with van der Waals surface area (Å²) in [5, 5.41) is 12.8. The first-order chi connectivity index (χ1) is 23.2. The Balaban J connectivity index is 1.41. The molecule has 1 aromatic heterocycles. The lowest BCUT2D eigenvalue weighted by molar-refractivity contribution is -0.384. The summed E-state index contributed by atoms with van der Waals surface area (Å²) in [5.41, 5.74) is 3.11. The summed E-state index contributed by atoms with van der Waals surface area (Å²) in [7, 11) is 1.60. The Morgan fingerprint density at radius 2 is 1.73 bits per heavy atom. The van der Waals surface area contributed by atoms with Gasteiger partial charge in [0.05, 0.1) is 27.8 Å². The molecule has 0 fully saturated rings. The van der Waals surface area contributed by atoms with Crippen molar-refractivity contribution in [3.63, 3.8) is 0 Å². The van der Waals surface area contributed by atoms with Crippen LogP contribution >= 0.6 is 11.3 Å². The summed E-state index contributed by atoms with van der Waals surface area (Å²) in [5.74, 6) is 1.03. The smallest absolute Gasteiger partial charge is 0.271 e. The Hall–Kier alpha value is -5.55. The number of carbonyl (C=O) groups excluding carboxylic acids is 1. The van der Waals surface area contributed by atoms with Crippen molar-refractivity contribution < 1.29 is 19.2 Å². The number of nitro groups is 1. The van der Waals surface area contributed by atoms with Gasteiger partial charge in [0, 0.05) is 30.8 Å². The van der Waals surface area contributed by atoms with E-state index in [2.05, 4.69) is 0 Å². The van der Waals surface area contributed by atoms with Crippen LogP contribution in [0.4, 0.5) is 5.69 Å². The lowest BCUT2D eigenvalue weighted by atomic mass is 9.90. The van der Waals surface area contributed by atoms with Gasteiger partial charge in [0.15, 0.2) is 4.80 Å². The van der Waals surface area contributed by atoms with E-state index in [1.165, 1.54) is 23.5 Å². The number of methoxy groups -OCH3 is 1. The fourth-order valence-corrected chi connectivity index (χ4v) is 7.02. The molecule has 48 heavy (non-hydrogen) atoms. The summed E-state index contributed by atoms with van der Waals surface area (Å²) >= 11 is 1.28. The normalized spacial score (nSPS) is 14.4. The number of hydrogen-bond acceptors (Lipinski definition) is 8. The van der Waals surface area contributed by atoms with Crippen molar-refractivity contribution in [2.24, 2.45) is 4.99 Å². The van der Waals surface area contributed by atoms with E-state index in [-0.39, 0.29) is 23.8 Å². The van der Waals surface area contributed by atoms with Crippen molar-refractivity contribution in [3.8, 4) is 11.5 Å². The first-order valence-electron chi connectivity index (χ1n) is 15.6. The Bertz CT molecular complexity index is 2230. The highest BCUT2D eigenvalue weighted by Crippen LogP contribution is 2.40. The first kappa shape index (κ1) is 32.4. The highest BCUT2D eigenvalue weighted by molar-refractivity contribution is 7.07. The predicted octanol–water partition coefficient (Wildman–Crippen LogP) is 5.75. The highest BCUT2D eigenvalue weighted by Gasteiger charge is 2.36. The molecule has 0 aliphatic carbocycles. The van der Waals surface area contributed by atoms with Crippen LogP contribution in [0.25, 0.3) is 16.8 Å². The van der Waals surface area contributed by atoms with Gasteiger partial charge in [-0.05, 0) is 79.1 Å². The third-order valence-corrected chi connectivity index (χ3v) is 9.44. The van der Waals surface area contributed by atoms with E-state index in [9.17, 15) is 19.7 Å². The predicted molar refractivity (Wildman–Crippen MR) is 186 cm³/mol. The minimum Gasteiger partial charge on any atom is -0.496 e. The zero-order valence-electron chi connectivity index (χ0n) is 27.0. The average Bonchev–Trinajstić information content (AvgIpc) is 3.40. The van der Waals surface area contributed by atoms with Gasteiger partial charge < -0.3 is 14.4 Å². The maximum atomic E-state index is 14.3. The summed E-state index contributed by atoms with van der Waals surface area (Å²) in [6, 6.07) is 24.5. The molecule has 1 aliphatic heterocycles. The number of fused-ring (bicyclic) bond motifs is 2. The van der Waals surface area contributed by atoms with Gasteiger partial charge in [-0.25, -0.2) is 4.99 Å². The van der Waals surface area contributed by atoms with Gasteiger partial charge in [-0.15, -0.1) is 0 Å². The topological polar surface area (TPSA) is 116 Å². The van der Waals surface area contributed by atoms with Crippen LogP contribution in [0.5, 0.6) is 11.5 Å². The fourth-order valence-electron chi connectivity index (χ4n) is 5.98. The standard InChI is InChI=1S/C37H34N4O6S/c1-5-39(6-2)36(43)32-23(3)38-37-40(34(32)33-29-10-8-7-9-26(29)15-20-30(33)46-4)35(42)31(48-37)21-24-13-18-28(19-14-24)47-22-25-11-16-27(17-12-25)41(44)45/h7-21,34H,5-6,22H2,1-4H3/b31-21+/t34-/m1/s1. The SMILES string of the molecule is CCN(CC)C(=O)C1=C(C)N=c2s/c(=C/c3ccc(OCc4ccc([N+](=O)[O-])cc4)cc3)c(=O)n2[C@H]1c1c(OC)ccc2ccccc12. The lowest BCUT2D eigenvalue weighted by Crippen LogP contribution is -2.43. The van der Waals surface area contributed by atoms with Crippen LogP contribution in [0.15, 0.2) is 106 Å². The molecule has 0 unspecified atom stereocenters. The van der Waals surface area contributed by atoms with Crippen molar-refractivity contribution in [1.82, 2.24) is 9.47 Å². The molecule has 0 bridgehead atoms. The van der Waals surface area contributed by atoms with Crippen molar-refractivity contribution in [1.29, 1.82) is 0 Å². The van der Waals surface area contributed by atoms with Crippen LogP contribution in [0, 0.1) is 10.1 Å². The van der Waals surface area contributed by atoms with Gasteiger partial charge in [-0.3, -0.25) is 24.3 Å².